The lowest BCUT2D eigenvalue weighted by Gasteiger charge is -2.11. The molecule has 2 aromatic heterocycles. The van der Waals surface area contributed by atoms with E-state index in [0.717, 1.165) is 25.6 Å². The number of amides is 1. The number of carbonyl (C=O) groups excluding carboxylic acids is 1. The van der Waals surface area contributed by atoms with Crippen LogP contribution in [0.3, 0.4) is 0 Å². The number of rotatable bonds is 8. The summed E-state index contributed by atoms with van der Waals surface area (Å²) < 4.78 is 11.9. The van der Waals surface area contributed by atoms with Crippen LogP contribution in [0.2, 0.25) is 0 Å². The molecular weight excluding hydrogens is 448 g/mol. The number of benzene rings is 1. The van der Waals surface area contributed by atoms with Gasteiger partial charge in [-0.25, -0.2) is 4.98 Å². The van der Waals surface area contributed by atoms with Crippen molar-refractivity contribution in [1.82, 2.24) is 10.3 Å². The molecule has 0 bridgehead atoms. The Bertz CT molecular complexity index is 923. The summed E-state index contributed by atoms with van der Waals surface area (Å²) in [6.07, 6.45) is 0.261. The highest BCUT2D eigenvalue weighted by atomic mass is 79.9. The molecule has 0 unspecified atom stereocenters. The van der Waals surface area contributed by atoms with Gasteiger partial charge in [-0.15, -0.1) is 22.7 Å². The molecule has 5 nitrogen and oxygen atoms in total. The zero-order valence-corrected chi connectivity index (χ0v) is 18.2. The average Bonchev–Trinajstić information content (AvgIpc) is 3.30. The molecule has 142 valence electrons. The first-order valence-corrected chi connectivity index (χ1v) is 10.9. The molecule has 0 atom stereocenters. The van der Waals surface area contributed by atoms with Crippen molar-refractivity contribution >= 4 is 44.5 Å². The number of hydrogen-bond acceptors (Lipinski definition) is 6. The Morgan fingerprint density at radius 3 is 2.78 bits per heavy atom. The standard InChI is InChI=1S/C19H19BrN2O3S2/c1-3-25-15-5-4-12(6-16(15)24-2)9-21-18(23)8-14-11-27-19(22-14)17-7-13(20)10-26-17/h4-7,10-11H,3,8-9H2,1-2H3,(H,21,23). The summed E-state index contributed by atoms with van der Waals surface area (Å²) >= 11 is 6.63. The summed E-state index contributed by atoms with van der Waals surface area (Å²) in [5, 5.41) is 7.82. The predicted octanol–water partition coefficient (Wildman–Crippen LogP) is 4.90. The minimum Gasteiger partial charge on any atom is -0.493 e. The molecule has 2 heterocycles. The van der Waals surface area contributed by atoms with Crippen LogP contribution < -0.4 is 14.8 Å². The molecule has 1 aromatic carbocycles. The summed E-state index contributed by atoms with van der Waals surface area (Å²) in [6, 6.07) is 7.69. The van der Waals surface area contributed by atoms with E-state index in [1.165, 1.54) is 0 Å². The van der Waals surface area contributed by atoms with Gasteiger partial charge in [0.2, 0.25) is 5.91 Å². The molecule has 0 saturated carbocycles. The Morgan fingerprint density at radius 2 is 2.07 bits per heavy atom. The minimum absolute atomic E-state index is 0.0629. The fourth-order valence-electron chi connectivity index (χ4n) is 2.45. The molecule has 8 heteroatoms. The Labute approximate surface area is 174 Å². The Kier molecular flexibility index (Phi) is 6.87. The molecule has 0 fully saturated rings. The zero-order chi connectivity index (χ0) is 19.2. The Balaban J connectivity index is 1.56. The molecule has 0 radical (unpaired) electrons. The minimum atomic E-state index is -0.0629. The van der Waals surface area contributed by atoms with Crippen LogP contribution in [0.4, 0.5) is 0 Å². The van der Waals surface area contributed by atoms with Gasteiger partial charge in [0.05, 0.1) is 30.7 Å². The number of ether oxygens (including phenoxy) is 2. The monoisotopic (exact) mass is 466 g/mol. The van der Waals surface area contributed by atoms with Crippen LogP contribution in [0.1, 0.15) is 18.2 Å². The Hall–Kier alpha value is -1.90. The van der Waals surface area contributed by atoms with E-state index in [1.54, 1.807) is 29.8 Å². The summed E-state index contributed by atoms with van der Waals surface area (Å²) in [5.74, 6) is 1.30. The maximum atomic E-state index is 12.3. The molecule has 0 spiro atoms. The lowest BCUT2D eigenvalue weighted by molar-refractivity contribution is -0.120. The van der Waals surface area contributed by atoms with Crippen LogP contribution in [0, 0.1) is 0 Å². The largest absolute Gasteiger partial charge is 0.493 e. The Morgan fingerprint density at radius 1 is 1.22 bits per heavy atom. The van der Waals surface area contributed by atoms with E-state index >= 15 is 0 Å². The van der Waals surface area contributed by atoms with Crippen LogP contribution in [-0.4, -0.2) is 24.6 Å². The van der Waals surface area contributed by atoms with E-state index in [4.69, 9.17) is 9.47 Å². The van der Waals surface area contributed by atoms with E-state index in [9.17, 15) is 4.79 Å². The summed E-state index contributed by atoms with van der Waals surface area (Å²) in [6.45, 7) is 2.93. The molecule has 3 rings (SSSR count). The normalized spacial score (nSPS) is 10.6. The highest BCUT2D eigenvalue weighted by Crippen LogP contribution is 2.32. The SMILES string of the molecule is CCOc1ccc(CNC(=O)Cc2csc(-c3cc(Br)cs3)n2)cc1OC. The smallest absolute Gasteiger partial charge is 0.226 e. The zero-order valence-electron chi connectivity index (χ0n) is 15.0. The summed E-state index contributed by atoms with van der Waals surface area (Å²) in [7, 11) is 1.60. The maximum Gasteiger partial charge on any atom is 0.226 e. The first-order valence-electron chi connectivity index (χ1n) is 8.34. The number of nitrogens with one attached hydrogen (secondary N) is 1. The van der Waals surface area contributed by atoms with Gasteiger partial charge in [-0.05, 0) is 46.6 Å². The van der Waals surface area contributed by atoms with Crippen LogP contribution >= 0.6 is 38.6 Å². The number of carbonyl (C=O) groups is 1. The quantitative estimate of drug-likeness (QED) is 0.512. The highest BCUT2D eigenvalue weighted by molar-refractivity contribution is 9.10. The van der Waals surface area contributed by atoms with Crippen molar-refractivity contribution in [2.75, 3.05) is 13.7 Å². The number of halogens is 1. The molecular formula is C19H19BrN2O3S2. The predicted molar refractivity (Wildman–Crippen MR) is 113 cm³/mol. The van der Waals surface area contributed by atoms with Gasteiger partial charge in [0.25, 0.3) is 0 Å². The van der Waals surface area contributed by atoms with Crippen molar-refractivity contribution in [3.8, 4) is 21.4 Å². The molecule has 0 aliphatic rings. The van der Waals surface area contributed by atoms with Crippen LogP contribution in [0.15, 0.2) is 39.5 Å². The van der Waals surface area contributed by atoms with Crippen LogP contribution in [-0.2, 0) is 17.8 Å². The van der Waals surface area contributed by atoms with Gasteiger partial charge in [-0.1, -0.05) is 6.07 Å². The molecule has 0 saturated heterocycles. The van der Waals surface area contributed by atoms with Crippen molar-refractivity contribution in [1.29, 1.82) is 0 Å². The number of thiophene rings is 1. The fraction of sp³-hybridized carbons (Fsp3) is 0.263. The molecule has 3 aromatic rings. The lowest BCUT2D eigenvalue weighted by atomic mass is 10.2. The van der Waals surface area contributed by atoms with Gasteiger partial charge in [0.15, 0.2) is 11.5 Å². The topological polar surface area (TPSA) is 60.5 Å². The third kappa shape index (κ3) is 5.31. The van der Waals surface area contributed by atoms with Crippen molar-refractivity contribution in [2.24, 2.45) is 0 Å². The molecule has 1 amide bonds. The summed E-state index contributed by atoms with van der Waals surface area (Å²) in [5.41, 5.74) is 1.73. The highest BCUT2D eigenvalue weighted by Gasteiger charge is 2.11. The van der Waals surface area contributed by atoms with E-state index in [-0.39, 0.29) is 12.3 Å². The van der Waals surface area contributed by atoms with Gasteiger partial charge in [-0.2, -0.15) is 0 Å². The van der Waals surface area contributed by atoms with Crippen LogP contribution in [0.5, 0.6) is 11.5 Å². The third-order valence-electron chi connectivity index (χ3n) is 3.69. The van der Waals surface area contributed by atoms with E-state index in [2.05, 4.69) is 26.2 Å². The summed E-state index contributed by atoms with van der Waals surface area (Å²) in [4.78, 5) is 17.9. The van der Waals surface area contributed by atoms with E-state index in [0.29, 0.717) is 24.7 Å². The van der Waals surface area contributed by atoms with E-state index < -0.39 is 0 Å². The van der Waals surface area contributed by atoms with Crippen molar-refractivity contribution in [3.63, 3.8) is 0 Å². The molecule has 1 N–H and O–H groups in total. The second kappa shape index (κ2) is 9.34. The van der Waals surface area contributed by atoms with Gasteiger partial charge in [0, 0.05) is 21.8 Å². The third-order valence-corrected chi connectivity index (χ3v) is 6.44. The second-order valence-electron chi connectivity index (χ2n) is 5.64. The number of hydrogen-bond donors (Lipinski definition) is 1. The molecule has 27 heavy (non-hydrogen) atoms. The number of methoxy groups -OCH3 is 1. The molecule has 0 aliphatic heterocycles. The van der Waals surface area contributed by atoms with Gasteiger partial charge >= 0.3 is 0 Å². The first-order chi connectivity index (χ1) is 13.1. The maximum absolute atomic E-state index is 12.3. The second-order valence-corrected chi connectivity index (χ2v) is 8.33. The number of aromatic nitrogens is 1. The first kappa shape index (κ1) is 19.9. The van der Waals surface area contributed by atoms with Crippen molar-refractivity contribution in [3.05, 3.63) is 50.8 Å². The van der Waals surface area contributed by atoms with Gasteiger partial charge < -0.3 is 14.8 Å². The van der Waals surface area contributed by atoms with Crippen LogP contribution in [0.25, 0.3) is 9.88 Å². The number of nitrogens with zero attached hydrogens (tertiary/aromatic N) is 1. The lowest BCUT2D eigenvalue weighted by Crippen LogP contribution is -2.24. The number of thiazole rings is 1. The van der Waals surface area contributed by atoms with Crippen molar-refractivity contribution in [2.45, 2.75) is 19.9 Å². The van der Waals surface area contributed by atoms with Crippen molar-refractivity contribution < 1.29 is 14.3 Å². The fourth-order valence-corrected chi connectivity index (χ4v) is 4.78. The average molecular weight is 467 g/mol. The van der Waals surface area contributed by atoms with Gasteiger partial charge in [0.1, 0.15) is 5.01 Å². The van der Waals surface area contributed by atoms with E-state index in [1.807, 2.05) is 41.9 Å². The van der Waals surface area contributed by atoms with Gasteiger partial charge in [-0.3, -0.25) is 4.79 Å². The molecule has 0 aliphatic carbocycles.